The van der Waals surface area contributed by atoms with Gasteiger partial charge in [-0.2, -0.15) is 13.2 Å². The Hall–Kier alpha value is -4.19. The number of carboxylic acids is 1. The SMILES string of the molecule is O=C(NC1(C(=O)O)C2CCC3CC(C2)CC1C3)c1cnc(N2CC3(CCOCC3)c3cc(Oc4ccccc4)ccc32)nc1C(F)(F)F. The summed E-state index contributed by atoms with van der Waals surface area (Å²) in [6, 6.07) is 14.8. The number of fused-ring (bicyclic) bond motifs is 3. The topological polar surface area (TPSA) is 114 Å². The van der Waals surface area contributed by atoms with Crippen molar-refractivity contribution in [2.24, 2.45) is 23.7 Å². The predicted octanol–water partition coefficient (Wildman–Crippen LogP) is 6.89. The average molecular weight is 663 g/mol. The zero-order valence-electron chi connectivity index (χ0n) is 26.3. The number of carbonyl (C=O) groups is 2. The molecule has 2 N–H and O–H groups in total. The molecule has 252 valence electrons. The highest BCUT2D eigenvalue weighted by atomic mass is 19.4. The van der Waals surface area contributed by atoms with Crippen LogP contribution in [0.1, 0.15) is 73.0 Å². The molecule has 5 unspecified atom stereocenters. The first-order valence-electron chi connectivity index (χ1n) is 16.8. The summed E-state index contributed by atoms with van der Waals surface area (Å²) in [5.74, 6) is -1.09. The summed E-state index contributed by atoms with van der Waals surface area (Å²) in [7, 11) is 0. The number of alkyl halides is 3. The van der Waals surface area contributed by atoms with Crippen LogP contribution in [-0.4, -0.2) is 52.2 Å². The molecule has 9 rings (SSSR count). The molecule has 4 aliphatic carbocycles. The van der Waals surface area contributed by atoms with Crippen molar-refractivity contribution < 1.29 is 37.3 Å². The second-order valence-electron chi connectivity index (χ2n) is 14.3. The Morgan fingerprint density at radius 3 is 2.46 bits per heavy atom. The Morgan fingerprint density at radius 2 is 1.71 bits per heavy atom. The molecule has 2 aliphatic heterocycles. The van der Waals surface area contributed by atoms with Gasteiger partial charge in [-0.15, -0.1) is 0 Å². The first-order valence-corrected chi connectivity index (χ1v) is 16.8. The van der Waals surface area contributed by atoms with E-state index in [1.807, 2.05) is 36.4 Å². The van der Waals surface area contributed by atoms with Crippen LogP contribution >= 0.6 is 0 Å². The molecule has 6 aliphatic rings. The second kappa shape index (κ2) is 11.5. The van der Waals surface area contributed by atoms with Gasteiger partial charge in [-0.25, -0.2) is 14.8 Å². The predicted molar refractivity (Wildman–Crippen MR) is 168 cm³/mol. The van der Waals surface area contributed by atoms with Gasteiger partial charge in [0.2, 0.25) is 5.95 Å². The Morgan fingerprint density at radius 1 is 0.958 bits per heavy atom. The number of hydrogen-bond acceptors (Lipinski definition) is 7. The van der Waals surface area contributed by atoms with E-state index in [0.717, 1.165) is 24.6 Å². The van der Waals surface area contributed by atoms with Crippen molar-refractivity contribution in [1.29, 1.82) is 0 Å². The fourth-order valence-electron chi connectivity index (χ4n) is 9.52. The largest absolute Gasteiger partial charge is 0.479 e. The quantitative estimate of drug-likeness (QED) is 0.294. The lowest BCUT2D eigenvalue weighted by molar-refractivity contribution is -0.154. The number of carboxylic acid groups (broad SMARTS) is 1. The van der Waals surface area contributed by atoms with Crippen LogP contribution < -0.4 is 15.0 Å². The molecule has 3 aromatic rings. The summed E-state index contributed by atoms with van der Waals surface area (Å²) in [6.45, 7) is 1.33. The number of amides is 1. The molecule has 12 heteroatoms. The minimum Gasteiger partial charge on any atom is -0.479 e. The normalized spacial score (nSPS) is 28.6. The molecule has 2 aromatic carbocycles. The number of anilines is 2. The highest BCUT2D eigenvalue weighted by Gasteiger charge is 2.60. The number of hydrogen-bond donors (Lipinski definition) is 2. The van der Waals surface area contributed by atoms with Gasteiger partial charge >= 0.3 is 12.1 Å². The number of para-hydroxylation sites is 1. The van der Waals surface area contributed by atoms with E-state index in [0.29, 0.717) is 87.3 Å². The lowest BCUT2D eigenvalue weighted by Gasteiger charge is -2.50. The molecule has 1 saturated heterocycles. The Bertz CT molecular complexity index is 1740. The van der Waals surface area contributed by atoms with Gasteiger partial charge in [0.15, 0.2) is 5.69 Å². The number of ether oxygens (including phenoxy) is 2. The van der Waals surface area contributed by atoms with Crippen LogP contribution in [-0.2, 0) is 21.1 Å². The number of aliphatic carboxylic acids is 1. The van der Waals surface area contributed by atoms with Crippen molar-refractivity contribution in [3.8, 4) is 11.5 Å². The summed E-state index contributed by atoms with van der Waals surface area (Å²) >= 11 is 0. The third-order valence-corrected chi connectivity index (χ3v) is 11.7. The molecule has 1 aromatic heterocycles. The number of rotatable bonds is 6. The molecule has 4 saturated carbocycles. The van der Waals surface area contributed by atoms with E-state index in [4.69, 9.17) is 9.47 Å². The van der Waals surface area contributed by atoms with Gasteiger partial charge in [0, 0.05) is 37.1 Å². The van der Waals surface area contributed by atoms with Crippen LogP contribution in [0.5, 0.6) is 11.5 Å². The van der Waals surface area contributed by atoms with Crippen molar-refractivity contribution in [1.82, 2.24) is 15.3 Å². The third-order valence-electron chi connectivity index (χ3n) is 11.7. The van der Waals surface area contributed by atoms with Crippen molar-refractivity contribution >= 4 is 23.5 Å². The number of halogens is 3. The van der Waals surface area contributed by atoms with Crippen LogP contribution in [0, 0.1) is 23.7 Å². The van der Waals surface area contributed by atoms with E-state index in [9.17, 15) is 27.9 Å². The van der Waals surface area contributed by atoms with E-state index in [2.05, 4.69) is 15.3 Å². The number of aromatic nitrogens is 2. The molecule has 4 bridgehead atoms. The van der Waals surface area contributed by atoms with Gasteiger partial charge in [-0.05, 0) is 105 Å². The molecule has 1 spiro atoms. The Labute approximate surface area is 275 Å². The van der Waals surface area contributed by atoms with Crippen LogP contribution in [0.15, 0.2) is 54.7 Å². The average Bonchev–Trinajstić information content (AvgIpc) is 3.21. The lowest BCUT2D eigenvalue weighted by atomic mass is 9.58. The zero-order valence-corrected chi connectivity index (χ0v) is 26.3. The number of nitrogens with one attached hydrogen (secondary N) is 1. The fraction of sp³-hybridized carbons (Fsp3) is 0.500. The Balaban J connectivity index is 1.14. The molecule has 3 heterocycles. The standard InChI is InChI=1S/C36H37F3N4O5/c37-36(38,39)30-27(31(44)42-35(32(45)46)23-7-6-21-14-22(16-23)17-24(35)15-21)19-40-33(41-30)43-20-34(10-12-47-13-11-34)28-18-26(8-9-29(28)43)48-25-4-2-1-3-5-25/h1-5,8-9,18-19,21-24H,6-7,10-17,20H2,(H,42,44)(H,45,46). The van der Waals surface area contributed by atoms with Gasteiger partial charge in [0.1, 0.15) is 17.0 Å². The molecule has 5 fully saturated rings. The van der Waals surface area contributed by atoms with Crippen molar-refractivity contribution in [3.63, 3.8) is 0 Å². The first kappa shape index (κ1) is 31.1. The van der Waals surface area contributed by atoms with Gasteiger partial charge in [0.25, 0.3) is 5.91 Å². The van der Waals surface area contributed by atoms with Crippen LogP contribution in [0.3, 0.4) is 0 Å². The maximum Gasteiger partial charge on any atom is 0.434 e. The minimum absolute atomic E-state index is 0.181. The Kier molecular flexibility index (Phi) is 7.43. The zero-order chi connectivity index (χ0) is 33.3. The van der Waals surface area contributed by atoms with Crippen molar-refractivity contribution in [2.75, 3.05) is 24.7 Å². The molecule has 5 atom stereocenters. The number of nitrogens with zero attached hydrogens (tertiary/aromatic N) is 3. The second-order valence-corrected chi connectivity index (χ2v) is 14.3. The third kappa shape index (κ3) is 5.10. The van der Waals surface area contributed by atoms with E-state index < -0.39 is 40.3 Å². The van der Waals surface area contributed by atoms with E-state index in [-0.39, 0.29) is 17.8 Å². The monoisotopic (exact) mass is 662 g/mol. The highest BCUT2D eigenvalue weighted by molar-refractivity contribution is 5.99. The maximum atomic E-state index is 14.7. The van der Waals surface area contributed by atoms with Crippen LogP contribution in [0.4, 0.5) is 24.8 Å². The molecular weight excluding hydrogens is 625 g/mol. The van der Waals surface area contributed by atoms with Gasteiger partial charge in [-0.1, -0.05) is 24.6 Å². The minimum atomic E-state index is -4.99. The summed E-state index contributed by atoms with van der Waals surface area (Å²) in [6.07, 6.45) is 1.73. The highest BCUT2D eigenvalue weighted by Crippen LogP contribution is 2.56. The number of carbonyl (C=O) groups excluding carboxylic acids is 1. The smallest absolute Gasteiger partial charge is 0.434 e. The van der Waals surface area contributed by atoms with Gasteiger partial charge < -0.3 is 24.8 Å². The number of benzene rings is 2. The first-order chi connectivity index (χ1) is 23.1. The molecule has 1 amide bonds. The van der Waals surface area contributed by atoms with Crippen molar-refractivity contribution in [2.45, 2.75) is 68.5 Å². The van der Waals surface area contributed by atoms with E-state index in [1.54, 1.807) is 17.0 Å². The van der Waals surface area contributed by atoms with E-state index in [1.165, 1.54) is 0 Å². The summed E-state index contributed by atoms with van der Waals surface area (Å²) in [4.78, 5) is 36.7. The summed E-state index contributed by atoms with van der Waals surface area (Å²) in [5, 5.41) is 13.2. The van der Waals surface area contributed by atoms with Gasteiger partial charge in [-0.3, -0.25) is 4.79 Å². The molecule has 48 heavy (non-hydrogen) atoms. The van der Waals surface area contributed by atoms with Crippen molar-refractivity contribution in [3.05, 3.63) is 71.5 Å². The maximum absolute atomic E-state index is 14.7. The van der Waals surface area contributed by atoms with Crippen LogP contribution in [0.2, 0.25) is 0 Å². The summed E-state index contributed by atoms with van der Waals surface area (Å²) in [5.41, 5.74) is -2.62. The van der Waals surface area contributed by atoms with Gasteiger partial charge in [0.05, 0.1) is 5.56 Å². The lowest BCUT2D eigenvalue weighted by Crippen LogP contribution is -2.66. The molecular formula is C36H37F3N4O5. The molecule has 9 nitrogen and oxygen atoms in total. The fourth-order valence-corrected chi connectivity index (χ4v) is 9.52. The summed E-state index contributed by atoms with van der Waals surface area (Å²) < 4.78 is 55.9. The van der Waals surface area contributed by atoms with E-state index >= 15 is 0 Å². The van der Waals surface area contributed by atoms with Crippen LogP contribution in [0.25, 0.3) is 0 Å². The molecule has 0 radical (unpaired) electrons.